The van der Waals surface area contributed by atoms with E-state index in [0.29, 0.717) is 0 Å². The highest BCUT2D eigenvalue weighted by Crippen LogP contribution is 2.39. The first kappa shape index (κ1) is 73.7. The number of rotatable bonds is 31. The minimum atomic E-state index is -3.31. The molecule has 0 saturated carbocycles. The maximum Gasteiger partial charge on any atom is 0.364 e. The number of carboxylic acids is 4. The van der Waals surface area contributed by atoms with E-state index in [0.717, 1.165) is 27.7 Å². The molecule has 4 rings (SSSR count). The van der Waals surface area contributed by atoms with Gasteiger partial charge < -0.3 is 146 Å². The molecule has 0 spiro atoms. The van der Waals surface area contributed by atoms with E-state index < -0.39 is 251 Å². The minimum absolute atomic E-state index is 0.0856. The van der Waals surface area contributed by atoms with Gasteiger partial charge in [-0.15, -0.1) is 0 Å². The van der Waals surface area contributed by atoms with Gasteiger partial charge in [-0.25, -0.2) is 19.2 Å². The van der Waals surface area contributed by atoms with Crippen LogP contribution in [-0.4, -0.2) is 319 Å². The summed E-state index contributed by atoms with van der Waals surface area (Å²) in [5, 5.41) is 197. The molecule has 0 unspecified atom stereocenters. The summed E-state index contributed by atoms with van der Waals surface area (Å²) in [6.07, 6.45) is -41.2. The average molecular weight is 1270 g/mol. The molecule has 0 bridgehead atoms. The van der Waals surface area contributed by atoms with Gasteiger partial charge in [0, 0.05) is 64.8 Å². The van der Waals surface area contributed by atoms with E-state index in [2.05, 4.69) is 31.3 Å². The fourth-order valence-electron chi connectivity index (χ4n) is 10.2. The van der Waals surface area contributed by atoms with Gasteiger partial charge in [0.1, 0.15) is 73.2 Å². The fourth-order valence-corrected chi connectivity index (χ4v) is 10.2. The zero-order valence-corrected chi connectivity index (χ0v) is 46.8. The number of nitrogens with one attached hydrogen (secondary N) is 4. The van der Waals surface area contributed by atoms with Gasteiger partial charge in [0.05, 0.1) is 81.6 Å². The van der Waals surface area contributed by atoms with Gasteiger partial charge in [-0.1, -0.05) is 5.11 Å². The summed E-state index contributed by atoms with van der Waals surface area (Å²) >= 11 is 0. The van der Waals surface area contributed by atoms with E-state index in [-0.39, 0.29) is 13.0 Å². The zero-order valence-electron chi connectivity index (χ0n) is 46.8. The summed E-state index contributed by atoms with van der Waals surface area (Å²) in [6.45, 7) is -2.42. The Labute approximate surface area is 491 Å². The summed E-state index contributed by atoms with van der Waals surface area (Å²) < 4.78 is 44.0. The molecule has 87 heavy (non-hydrogen) atoms. The van der Waals surface area contributed by atoms with E-state index in [9.17, 15) is 125 Å². The molecule has 21 N–H and O–H groups in total. The second-order valence-electron chi connectivity index (χ2n) is 21.1. The lowest BCUT2D eigenvalue weighted by atomic mass is 9.87. The molecule has 496 valence electrons. The number of hydrogen-bond donors (Lipinski definition) is 21. The van der Waals surface area contributed by atoms with E-state index in [1.807, 2.05) is 0 Å². The molecule has 4 aliphatic rings. The van der Waals surface area contributed by atoms with Gasteiger partial charge >= 0.3 is 23.9 Å². The molecule has 4 heterocycles. The van der Waals surface area contributed by atoms with Crippen molar-refractivity contribution in [2.45, 2.75) is 205 Å². The van der Waals surface area contributed by atoms with Crippen LogP contribution in [-0.2, 0) is 76.3 Å². The normalized spacial score (nSPS) is 35.5. The smallest absolute Gasteiger partial charge is 0.364 e. The lowest BCUT2D eigenvalue weighted by molar-refractivity contribution is -0.333. The first-order chi connectivity index (χ1) is 40.5. The minimum Gasteiger partial charge on any atom is -0.477 e. The standard InChI is InChI=1S/C47H75N7O33/c1-16(56)50-28-21(61)9-45(41(74)75,85-36(28)32(68)24(64)12-55)81-14-26(66)34(70)38-30(52-18(3)58)23(63)11-47(87-38,43(78)79)83-15-27(67)35(71)39-31(53-19(4)59)22(62)10-46(86-39,42(76)77)82-13-25(65)33(69)37-29(51-17(2)57)20(60)8-44(84-37,40(72)73)80-7-5-6-49-54-48/h20-39,55,60-71H,5-15H2,1-4H3,(H,50,56)(H,51,57)(H,52,58)(H,53,59)(H,72,73)(H,74,75)(H,76,77)(H,78,79)/t20-,21-,22-,23-,24+,25+,26+,27+,28+,29+,30+,31+,32+,33+,34+,35+,36+,37+,38+,39+,44+,45+,46+,47+/m0/s1. The van der Waals surface area contributed by atoms with Crippen LogP contribution in [0.3, 0.4) is 0 Å². The number of aliphatic hydroxyl groups excluding tert-OH is 13. The van der Waals surface area contributed by atoms with Gasteiger partial charge in [0.15, 0.2) is 0 Å². The number of aliphatic hydroxyl groups is 13. The van der Waals surface area contributed by atoms with Crippen molar-refractivity contribution in [3.8, 4) is 0 Å². The van der Waals surface area contributed by atoms with Crippen molar-refractivity contribution in [3.63, 3.8) is 0 Å². The molecule has 4 saturated heterocycles. The second-order valence-corrected chi connectivity index (χ2v) is 21.1. The number of carbonyl (C=O) groups is 8. The first-order valence-electron chi connectivity index (χ1n) is 26.6. The predicted octanol–water partition coefficient (Wildman–Crippen LogP) is -10.6. The van der Waals surface area contributed by atoms with Gasteiger partial charge in [-0.2, -0.15) is 0 Å². The van der Waals surface area contributed by atoms with Gasteiger partial charge in [-0.05, 0) is 12.0 Å². The van der Waals surface area contributed by atoms with Crippen molar-refractivity contribution in [1.29, 1.82) is 0 Å². The van der Waals surface area contributed by atoms with Crippen LogP contribution in [0.25, 0.3) is 10.4 Å². The molecule has 0 radical (unpaired) electrons. The number of azide groups is 1. The van der Waals surface area contributed by atoms with Gasteiger partial charge in [-0.3, -0.25) is 19.2 Å². The summed E-state index contributed by atoms with van der Waals surface area (Å²) in [7, 11) is 0. The molecular formula is C47H75N7O33. The van der Waals surface area contributed by atoms with Crippen molar-refractivity contribution in [3.05, 3.63) is 10.4 Å². The highest BCUT2D eigenvalue weighted by molar-refractivity contribution is 5.79. The maximum atomic E-state index is 13.1. The molecule has 40 heteroatoms. The van der Waals surface area contributed by atoms with Crippen LogP contribution in [0.15, 0.2) is 5.11 Å². The predicted molar refractivity (Wildman–Crippen MR) is 271 cm³/mol. The molecular weight excluding hydrogens is 1190 g/mol. The van der Waals surface area contributed by atoms with Crippen molar-refractivity contribution in [1.82, 2.24) is 21.3 Å². The lowest BCUT2D eigenvalue weighted by Gasteiger charge is -2.48. The topological polar surface area (TPSA) is 651 Å². The molecule has 4 fully saturated rings. The maximum absolute atomic E-state index is 13.1. The Morgan fingerprint density at radius 1 is 0.471 bits per heavy atom. The Hall–Kier alpha value is -5.77. The quantitative estimate of drug-likeness (QED) is 0.0133. The Balaban J connectivity index is 1.61. The Morgan fingerprint density at radius 3 is 0.931 bits per heavy atom. The second kappa shape index (κ2) is 31.1. The fraction of sp³-hybridized carbons (Fsp3) is 0.830. The summed E-state index contributed by atoms with van der Waals surface area (Å²) in [6, 6.07) is -7.21. The number of ether oxygens (including phenoxy) is 8. The highest BCUT2D eigenvalue weighted by Gasteiger charge is 2.61. The van der Waals surface area contributed by atoms with Crippen molar-refractivity contribution < 1.29 is 163 Å². The third-order valence-corrected chi connectivity index (χ3v) is 14.4. The summed E-state index contributed by atoms with van der Waals surface area (Å²) in [5.41, 5.74) is 8.56. The first-order valence-corrected chi connectivity index (χ1v) is 26.6. The van der Waals surface area contributed by atoms with Crippen LogP contribution < -0.4 is 21.3 Å². The van der Waals surface area contributed by atoms with Gasteiger partial charge in [0.25, 0.3) is 23.1 Å². The molecule has 0 aromatic heterocycles. The number of hydrogen-bond acceptors (Lipinski definition) is 30. The molecule has 40 nitrogen and oxygen atoms in total. The Kier molecular flexibility index (Phi) is 26.4. The molecule has 0 aromatic rings. The molecule has 24 atom stereocenters. The van der Waals surface area contributed by atoms with E-state index in [1.165, 1.54) is 0 Å². The zero-order chi connectivity index (χ0) is 65.8. The Morgan fingerprint density at radius 2 is 0.713 bits per heavy atom. The number of carboxylic acid groups (broad SMARTS) is 4. The van der Waals surface area contributed by atoms with Crippen LogP contribution in [0.4, 0.5) is 0 Å². The monoisotopic (exact) mass is 1270 g/mol. The Bertz CT molecular complexity index is 2470. The number of carbonyl (C=O) groups excluding carboxylic acids is 4. The average Bonchev–Trinajstić information content (AvgIpc) is 2.45. The number of nitrogens with zero attached hydrogens (tertiary/aromatic N) is 3. The van der Waals surface area contributed by atoms with Crippen LogP contribution in [0.1, 0.15) is 59.8 Å². The SMILES string of the molecule is CC(=O)N[C@H]1[C@H]([C@H](O)[C@H](O)CO)O[C@@](OC[C@@H](O)[C@@H](O)[C@@H]2O[C@@](OC[C@@H](O)[C@@H](O)[C@@H]3O[C@@](OC[C@@H](O)[C@@H](O)[C@@H]4O[C@@](OCCCN=[N+]=[N-])(C(=O)O)C[C@H](O)[C@H]4NC(C)=O)(C(=O)O)C[C@H](O)[C@H]3NC(C)=O)(C(=O)O)C[C@H](O)[C@H]2NC(C)=O)(C(=O)O)C[C@@H]1O. The molecule has 4 amide bonds. The van der Waals surface area contributed by atoms with Crippen LogP contribution in [0, 0.1) is 0 Å². The van der Waals surface area contributed by atoms with E-state index >= 15 is 0 Å². The lowest BCUT2D eigenvalue weighted by Crippen LogP contribution is -2.69. The van der Waals surface area contributed by atoms with Crippen molar-refractivity contribution in [2.24, 2.45) is 5.11 Å². The third kappa shape index (κ3) is 17.8. The molecule has 0 aliphatic carbocycles. The highest BCUT2D eigenvalue weighted by atomic mass is 16.8. The number of amides is 4. The van der Waals surface area contributed by atoms with Gasteiger partial charge in [0.2, 0.25) is 23.6 Å². The van der Waals surface area contributed by atoms with E-state index in [4.69, 9.17) is 43.4 Å². The van der Waals surface area contributed by atoms with Crippen LogP contribution in [0.5, 0.6) is 0 Å². The molecule has 0 aromatic carbocycles. The van der Waals surface area contributed by atoms with E-state index in [1.54, 1.807) is 0 Å². The van der Waals surface area contributed by atoms with Crippen molar-refractivity contribution >= 4 is 47.5 Å². The summed E-state index contributed by atoms with van der Waals surface area (Å²) in [4.78, 5) is 103. The molecule has 4 aliphatic heterocycles. The largest absolute Gasteiger partial charge is 0.477 e. The van der Waals surface area contributed by atoms with Crippen molar-refractivity contribution in [2.75, 3.05) is 39.6 Å². The number of aliphatic carboxylic acids is 4. The summed E-state index contributed by atoms with van der Waals surface area (Å²) in [5.74, 6) is -24.5. The third-order valence-electron chi connectivity index (χ3n) is 14.4. The van der Waals surface area contributed by atoms with Crippen LogP contribution >= 0.6 is 0 Å². The van der Waals surface area contributed by atoms with Crippen LogP contribution in [0.2, 0.25) is 0 Å².